The Morgan fingerprint density at radius 2 is 1.93 bits per heavy atom. The molecule has 0 amide bonds. The predicted octanol–water partition coefficient (Wildman–Crippen LogP) is 3.43. The third kappa shape index (κ3) is 7.74. The van der Waals surface area contributed by atoms with Gasteiger partial charge in [-0.25, -0.2) is 0 Å². The fourth-order valence-electron chi connectivity index (χ4n) is 1.57. The SMILES string of the molecule is CCCCCCC(C)OC(CC)C(N)=S. The van der Waals surface area contributed by atoms with Crippen molar-refractivity contribution >= 4 is 17.2 Å². The summed E-state index contributed by atoms with van der Waals surface area (Å²) in [5.41, 5.74) is 5.58. The second-order valence-electron chi connectivity index (χ2n) is 4.10. The normalized spacial score (nSPS) is 14.9. The molecule has 15 heavy (non-hydrogen) atoms. The average Bonchev–Trinajstić information content (AvgIpc) is 2.20. The van der Waals surface area contributed by atoms with E-state index in [0.29, 0.717) is 4.99 Å². The Labute approximate surface area is 99.6 Å². The van der Waals surface area contributed by atoms with Crippen molar-refractivity contribution in [2.75, 3.05) is 0 Å². The highest BCUT2D eigenvalue weighted by Gasteiger charge is 2.13. The number of thiocarbonyl (C=S) groups is 1. The van der Waals surface area contributed by atoms with E-state index in [1.165, 1.54) is 25.7 Å². The van der Waals surface area contributed by atoms with Crippen LogP contribution in [0.15, 0.2) is 0 Å². The Morgan fingerprint density at radius 3 is 2.40 bits per heavy atom. The van der Waals surface area contributed by atoms with E-state index in [-0.39, 0.29) is 12.2 Å². The van der Waals surface area contributed by atoms with Crippen LogP contribution in [0.4, 0.5) is 0 Å². The van der Waals surface area contributed by atoms with E-state index >= 15 is 0 Å². The maximum absolute atomic E-state index is 5.78. The van der Waals surface area contributed by atoms with Gasteiger partial charge >= 0.3 is 0 Å². The molecule has 2 N–H and O–H groups in total. The fraction of sp³-hybridized carbons (Fsp3) is 0.917. The first-order valence-electron chi connectivity index (χ1n) is 6.06. The molecular weight excluding hydrogens is 206 g/mol. The molecule has 2 nitrogen and oxygen atoms in total. The molecular formula is C12H25NOS. The molecule has 0 heterocycles. The van der Waals surface area contributed by atoms with Crippen molar-refractivity contribution < 1.29 is 4.74 Å². The van der Waals surface area contributed by atoms with Gasteiger partial charge in [-0.05, 0) is 19.8 Å². The topological polar surface area (TPSA) is 35.2 Å². The molecule has 0 bridgehead atoms. The fourth-order valence-corrected chi connectivity index (χ4v) is 1.79. The minimum atomic E-state index is -0.0406. The quantitative estimate of drug-likeness (QED) is 0.488. The summed E-state index contributed by atoms with van der Waals surface area (Å²) in [5.74, 6) is 0. The zero-order valence-electron chi connectivity index (χ0n) is 10.3. The molecule has 0 saturated carbocycles. The predicted molar refractivity (Wildman–Crippen MR) is 70.2 cm³/mol. The lowest BCUT2D eigenvalue weighted by Crippen LogP contribution is -2.31. The molecule has 0 radical (unpaired) electrons. The minimum Gasteiger partial charge on any atom is -0.391 e. The van der Waals surface area contributed by atoms with E-state index in [1.54, 1.807) is 0 Å². The first kappa shape index (κ1) is 14.8. The summed E-state index contributed by atoms with van der Waals surface area (Å²) >= 11 is 4.94. The van der Waals surface area contributed by atoms with Crippen LogP contribution >= 0.6 is 12.2 Å². The largest absolute Gasteiger partial charge is 0.391 e. The van der Waals surface area contributed by atoms with Gasteiger partial charge in [0.1, 0.15) is 11.1 Å². The molecule has 3 heteroatoms. The molecule has 2 unspecified atom stereocenters. The van der Waals surface area contributed by atoms with Gasteiger partial charge in [0.2, 0.25) is 0 Å². The van der Waals surface area contributed by atoms with Crippen molar-refractivity contribution in [1.29, 1.82) is 0 Å². The van der Waals surface area contributed by atoms with Crippen LogP contribution < -0.4 is 5.73 Å². The lowest BCUT2D eigenvalue weighted by molar-refractivity contribution is 0.0276. The van der Waals surface area contributed by atoms with Crippen LogP contribution in [0.5, 0.6) is 0 Å². The average molecular weight is 231 g/mol. The van der Waals surface area contributed by atoms with Crippen LogP contribution in [-0.4, -0.2) is 17.2 Å². The zero-order valence-corrected chi connectivity index (χ0v) is 11.1. The van der Waals surface area contributed by atoms with E-state index in [4.69, 9.17) is 22.7 Å². The van der Waals surface area contributed by atoms with E-state index in [9.17, 15) is 0 Å². The molecule has 0 aliphatic rings. The maximum atomic E-state index is 5.78. The van der Waals surface area contributed by atoms with E-state index in [0.717, 1.165) is 12.8 Å². The molecule has 0 aliphatic carbocycles. The molecule has 0 aromatic carbocycles. The summed E-state index contributed by atoms with van der Waals surface area (Å²) in [4.78, 5) is 0.484. The molecule has 0 fully saturated rings. The molecule has 0 aliphatic heterocycles. The van der Waals surface area contributed by atoms with Gasteiger partial charge in [0.25, 0.3) is 0 Å². The molecule has 0 aromatic heterocycles. The van der Waals surface area contributed by atoms with Gasteiger partial charge < -0.3 is 10.5 Å². The summed E-state index contributed by atoms with van der Waals surface area (Å²) in [6, 6.07) is 0. The molecule has 90 valence electrons. The number of hydrogen-bond acceptors (Lipinski definition) is 2. The molecule has 0 aromatic rings. The highest BCUT2D eigenvalue weighted by molar-refractivity contribution is 7.80. The number of rotatable bonds is 9. The van der Waals surface area contributed by atoms with Crippen molar-refractivity contribution in [3.05, 3.63) is 0 Å². The molecule has 0 spiro atoms. The van der Waals surface area contributed by atoms with Crippen LogP contribution in [0.2, 0.25) is 0 Å². The maximum Gasteiger partial charge on any atom is 0.107 e. The second-order valence-corrected chi connectivity index (χ2v) is 4.57. The Hall–Kier alpha value is -0.150. The van der Waals surface area contributed by atoms with Crippen molar-refractivity contribution in [1.82, 2.24) is 0 Å². The summed E-state index contributed by atoms with van der Waals surface area (Å²) in [6.07, 6.45) is 7.35. The van der Waals surface area contributed by atoms with Gasteiger partial charge in [0, 0.05) is 0 Å². The molecule has 0 saturated heterocycles. The smallest absolute Gasteiger partial charge is 0.107 e. The summed E-state index contributed by atoms with van der Waals surface area (Å²) in [6.45, 7) is 6.38. The summed E-state index contributed by atoms with van der Waals surface area (Å²) < 4.78 is 5.78. The van der Waals surface area contributed by atoms with Gasteiger partial charge in [0.15, 0.2) is 0 Å². The van der Waals surface area contributed by atoms with Gasteiger partial charge in [0.05, 0.1) is 6.10 Å². The van der Waals surface area contributed by atoms with Gasteiger partial charge in [-0.15, -0.1) is 0 Å². The number of ether oxygens (including phenoxy) is 1. The van der Waals surface area contributed by atoms with Crippen molar-refractivity contribution in [3.8, 4) is 0 Å². The molecule has 2 atom stereocenters. The standard InChI is InChI=1S/C12H25NOS/c1-4-6-7-8-9-10(3)14-11(5-2)12(13)15/h10-11H,4-9H2,1-3H3,(H2,13,15). The van der Waals surface area contributed by atoms with Crippen LogP contribution in [0.25, 0.3) is 0 Å². The summed E-state index contributed by atoms with van der Waals surface area (Å²) in [5, 5.41) is 0. The summed E-state index contributed by atoms with van der Waals surface area (Å²) in [7, 11) is 0. The Morgan fingerprint density at radius 1 is 1.27 bits per heavy atom. The third-order valence-electron chi connectivity index (χ3n) is 2.55. The first-order valence-corrected chi connectivity index (χ1v) is 6.47. The Bertz CT molecular complexity index is 173. The highest BCUT2D eigenvalue weighted by atomic mass is 32.1. The van der Waals surface area contributed by atoms with E-state index in [2.05, 4.69) is 13.8 Å². The lowest BCUT2D eigenvalue weighted by atomic mass is 10.1. The van der Waals surface area contributed by atoms with Gasteiger partial charge in [-0.1, -0.05) is 51.7 Å². The zero-order chi connectivity index (χ0) is 11.7. The number of hydrogen-bond donors (Lipinski definition) is 1. The minimum absolute atomic E-state index is 0.0406. The van der Waals surface area contributed by atoms with Crippen molar-refractivity contribution in [2.24, 2.45) is 5.73 Å². The van der Waals surface area contributed by atoms with Crippen LogP contribution in [-0.2, 0) is 4.74 Å². The van der Waals surface area contributed by atoms with E-state index < -0.39 is 0 Å². The molecule has 0 rings (SSSR count). The second kappa shape index (κ2) is 9.10. The van der Waals surface area contributed by atoms with Crippen molar-refractivity contribution in [2.45, 2.75) is 71.5 Å². The monoisotopic (exact) mass is 231 g/mol. The van der Waals surface area contributed by atoms with Crippen LogP contribution in [0.3, 0.4) is 0 Å². The van der Waals surface area contributed by atoms with Crippen LogP contribution in [0.1, 0.15) is 59.3 Å². The highest BCUT2D eigenvalue weighted by Crippen LogP contribution is 2.11. The van der Waals surface area contributed by atoms with E-state index in [1.807, 2.05) is 6.92 Å². The Kier molecular flexibility index (Phi) is 9.01. The van der Waals surface area contributed by atoms with Gasteiger partial charge in [-0.3, -0.25) is 0 Å². The van der Waals surface area contributed by atoms with Crippen molar-refractivity contribution in [3.63, 3.8) is 0 Å². The Balaban J connectivity index is 3.62. The lowest BCUT2D eigenvalue weighted by Gasteiger charge is -2.20. The number of nitrogens with two attached hydrogens (primary N) is 1. The van der Waals surface area contributed by atoms with Crippen LogP contribution in [0, 0.1) is 0 Å². The van der Waals surface area contributed by atoms with Gasteiger partial charge in [-0.2, -0.15) is 0 Å². The first-order chi connectivity index (χ1) is 7.11. The number of unbranched alkanes of at least 4 members (excludes halogenated alkanes) is 3. The third-order valence-corrected chi connectivity index (χ3v) is 2.81.